The van der Waals surface area contributed by atoms with E-state index in [0.717, 1.165) is 32.1 Å². The summed E-state index contributed by atoms with van der Waals surface area (Å²) in [6.07, 6.45) is 4.88. The van der Waals surface area contributed by atoms with E-state index in [0.29, 0.717) is 19.6 Å². The van der Waals surface area contributed by atoms with Crippen molar-refractivity contribution in [1.82, 2.24) is 5.32 Å². The molecule has 1 atom stereocenters. The summed E-state index contributed by atoms with van der Waals surface area (Å²) in [5, 5.41) is 2.54. The maximum Gasteiger partial charge on any atom is 0.407 e. The Kier molecular flexibility index (Phi) is 12.8. The summed E-state index contributed by atoms with van der Waals surface area (Å²) in [6, 6.07) is -0.642. The lowest BCUT2D eigenvalue weighted by Gasteiger charge is -2.16. The summed E-state index contributed by atoms with van der Waals surface area (Å²) in [7, 11) is 1.52. The third kappa shape index (κ3) is 11.1. The van der Waals surface area contributed by atoms with E-state index in [1.54, 1.807) is 0 Å². The number of esters is 1. The highest BCUT2D eigenvalue weighted by molar-refractivity contribution is 5.81. The van der Waals surface area contributed by atoms with Gasteiger partial charge < -0.3 is 19.5 Å². The van der Waals surface area contributed by atoms with Gasteiger partial charge >= 0.3 is 12.1 Å². The SMILES string of the molecule is CCCCCCOC(=O)C(CCC)NC(=O)OCCOC. The molecule has 0 bridgehead atoms. The van der Waals surface area contributed by atoms with E-state index in [1.807, 2.05) is 6.92 Å². The minimum Gasteiger partial charge on any atom is -0.464 e. The molecule has 0 radical (unpaired) electrons. The van der Waals surface area contributed by atoms with Gasteiger partial charge in [0, 0.05) is 7.11 Å². The van der Waals surface area contributed by atoms with Crippen molar-refractivity contribution >= 4 is 12.1 Å². The number of hydrogen-bond acceptors (Lipinski definition) is 5. The minimum absolute atomic E-state index is 0.160. The molecule has 0 heterocycles. The molecule has 0 aliphatic rings. The van der Waals surface area contributed by atoms with Crippen molar-refractivity contribution in [3.8, 4) is 0 Å². The van der Waals surface area contributed by atoms with Gasteiger partial charge in [0.15, 0.2) is 0 Å². The van der Waals surface area contributed by atoms with Gasteiger partial charge in [-0.25, -0.2) is 9.59 Å². The molecule has 124 valence electrons. The second kappa shape index (κ2) is 13.7. The highest BCUT2D eigenvalue weighted by atomic mass is 16.6. The Morgan fingerprint density at radius 3 is 2.33 bits per heavy atom. The van der Waals surface area contributed by atoms with Crippen molar-refractivity contribution in [3.05, 3.63) is 0 Å². The number of carbonyl (C=O) groups excluding carboxylic acids is 2. The Bertz CT molecular complexity index is 283. The molecule has 0 rings (SSSR count). The number of unbranched alkanes of at least 4 members (excludes halogenated alkanes) is 3. The first-order valence-electron chi connectivity index (χ1n) is 7.74. The van der Waals surface area contributed by atoms with Crippen molar-refractivity contribution in [1.29, 1.82) is 0 Å². The van der Waals surface area contributed by atoms with Crippen LogP contribution in [-0.4, -0.2) is 45.0 Å². The topological polar surface area (TPSA) is 73.9 Å². The van der Waals surface area contributed by atoms with E-state index in [1.165, 1.54) is 7.11 Å². The molecule has 1 N–H and O–H groups in total. The van der Waals surface area contributed by atoms with Gasteiger partial charge in [-0.2, -0.15) is 0 Å². The zero-order valence-corrected chi connectivity index (χ0v) is 13.5. The van der Waals surface area contributed by atoms with Gasteiger partial charge in [0.2, 0.25) is 0 Å². The summed E-state index contributed by atoms with van der Waals surface area (Å²) < 4.78 is 14.9. The van der Waals surface area contributed by atoms with Crippen LogP contribution in [0.2, 0.25) is 0 Å². The van der Waals surface area contributed by atoms with Crippen molar-refractivity contribution in [2.45, 2.75) is 58.4 Å². The Morgan fingerprint density at radius 1 is 0.952 bits per heavy atom. The second-order valence-electron chi connectivity index (χ2n) is 4.84. The highest BCUT2D eigenvalue weighted by Gasteiger charge is 2.21. The molecule has 0 aromatic carbocycles. The Hall–Kier alpha value is -1.30. The lowest BCUT2D eigenvalue weighted by atomic mass is 10.2. The molecule has 1 amide bonds. The predicted molar refractivity (Wildman–Crippen MR) is 80.2 cm³/mol. The first kappa shape index (κ1) is 19.7. The zero-order valence-electron chi connectivity index (χ0n) is 13.5. The number of nitrogens with one attached hydrogen (secondary N) is 1. The molecule has 0 spiro atoms. The Labute approximate surface area is 127 Å². The van der Waals surface area contributed by atoms with Crippen molar-refractivity contribution in [2.24, 2.45) is 0 Å². The van der Waals surface area contributed by atoms with Gasteiger partial charge in [-0.1, -0.05) is 39.5 Å². The molecular weight excluding hydrogens is 274 g/mol. The number of carbonyl (C=O) groups is 2. The summed E-state index contributed by atoms with van der Waals surface area (Å²) in [5.74, 6) is -0.392. The van der Waals surface area contributed by atoms with Crippen LogP contribution in [0.4, 0.5) is 4.79 Å². The first-order valence-corrected chi connectivity index (χ1v) is 7.74. The number of rotatable bonds is 12. The van der Waals surface area contributed by atoms with Crippen LogP contribution in [0.25, 0.3) is 0 Å². The molecule has 0 saturated carbocycles. The van der Waals surface area contributed by atoms with Crippen LogP contribution in [0.15, 0.2) is 0 Å². The van der Waals surface area contributed by atoms with Gasteiger partial charge in [-0.15, -0.1) is 0 Å². The van der Waals surface area contributed by atoms with Crippen LogP contribution in [-0.2, 0) is 19.0 Å². The molecule has 6 nitrogen and oxygen atoms in total. The molecule has 1 unspecified atom stereocenters. The second-order valence-corrected chi connectivity index (χ2v) is 4.84. The molecular formula is C15H29NO5. The largest absolute Gasteiger partial charge is 0.464 e. The van der Waals surface area contributed by atoms with E-state index in [9.17, 15) is 9.59 Å². The maximum absolute atomic E-state index is 11.9. The minimum atomic E-state index is -0.642. The average Bonchev–Trinajstić information content (AvgIpc) is 2.46. The molecule has 0 aliphatic carbocycles. The summed E-state index contributed by atoms with van der Waals surface area (Å²) in [5.41, 5.74) is 0. The molecule has 0 aliphatic heterocycles. The van der Waals surface area contributed by atoms with Crippen molar-refractivity contribution in [2.75, 3.05) is 26.9 Å². The third-order valence-electron chi connectivity index (χ3n) is 2.92. The first-order chi connectivity index (χ1) is 10.2. The highest BCUT2D eigenvalue weighted by Crippen LogP contribution is 2.03. The maximum atomic E-state index is 11.9. The van der Waals surface area contributed by atoms with Gasteiger partial charge in [0.25, 0.3) is 0 Å². The fourth-order valence-electron chi connectivity index (χ4n) is 1.74. The normalized spacial score (nSPS) is 11.8. The molecule has 0 fully saturated rings. The lowest BCUT2D eigenvalue weighted by molar-refractivity contribution is -0.146. The quantitative estimate of drug-likeness (QED) is 0.443. The monoisotopic (exact) mass is 303 g/mol. The number of hydrogen-bond donors (Lipinski definition) is 1. The summed E-state index contributed by atoms with van der Waals surface area (Å²) >= 11 is 0. The summed E-state index contributed by atoms with van der Waals surface area (Å²) in [4.78, 5) is 23.4. The molecule has 0 aromatic heterocycles. The summed E-state index contributed by atoms with van der Waals surface area (Å²) in [6.45, 7) is 4.96. The molecule has 0 aromatic rings. The predicted octanol–water partition coefficient (Wildman–Crippen LogP) is 2.65. The molecule has 0 saturated heterocycles. The van der Waals surface area contributed by atoms with Gasteiger partial charge in [-0.05, 0) is 12.8 Å². The van der Waals surface area contributed by atoms with Gasteiger partial charge in [0.05, 0.1) is 13.2 Å². The molecule has 6 heteroatoms. The van der Waals surface area contributed by atoms with Crippen LogP contribution < -0.4 is 5.32 Å². The van der Waals surface area contributed by atoms with E-state index < -0.39 is 18.1 Å². The van der Waals surface area contributed by atoms with Gasteiger partial charge in [-0.3, -0.25) is 0 Å². The van der Waals surface area contributed by atoms with Crippen LogP contribution >= 0.6 is 0 Å². The van der Waals surface area contributed by atoms with Crippen molar-refractivity contribution < 1.29 is 23.8 Å². The van der Waals surface area contributed by atoms with Crippen molar-refractivity contribution in [3.63, 3.8) is 0 Å². The van der Waals surface area contributed by atoms with Crippen LogP contribution in [0.5, 0.6) is 0 Å². The average molecular weight is 303 g/mol. The number of ether oxygens (including phenoxy) is 3. The smallest absolute Gasteiger partial charge is 0.407 e. The lowest BCUT2D eigenvalue weighted by Crippen LogP contribution is -2.42. The van der Waals surface area contributed by atoms with E-state index in [-0.39, 0.29) is 6.61 Å². The Morgan fingerprint density at radius 2 is 1.71 bits per heavy atom. The number of methoxy groups -OCH3 is 1. The molecule has 21 heavy (non-hydrogen) atoms. The standard InChI is InChI=1S/C15H29NO5/c1-4-6-7-8-10-20-14(17)13(9-5-2)16-15(18)21-12-11-19-3/h13H,4-12H2,1-3H3,(H,16,18). The van der Waals surface area contributed by atoms with E-state index >= 15 is 0 Å². The van der Waals surface area contributed by atoms with Gasteiger partial charge in [0.1, 0.15) is 12.6 Å². The van der Waals surface area contributed by atoms with Crippen LogP contribution in [0, 0.1) is 0 Å². The van der Waals surface area contributed by atoms with Crippen LogP contribution in [0.3, 0.4) is 0 Å². The number of alkyl carbamates (subject to hydrolysis) is 1. The number of amides is 1. The fourth-order valence-corrected chi connectivity index (χ4v) is 1.74. The Balaban J connectivity index is 4.02. The van der Waals surface area contributed by atoms with Crippen LogP contribution in [0.1, 0.15) is 52.4 Å². The zero-order chi connectivity index (χ0) is 15.9. The fraction of sp³-hybridized carbons (Fsp3) is 0.867. The van der Waals surface area contributed by atoms with E-state index in [4.69, 9.17) is 14.2 Å². The third-order valence-corrected chi connectivity index (χ3v) is 2.92. The van der Waals surface area contributed by atoms with E-state index in [2.05, 4.69) is 12.2 Å².